The summed E-state index contributed by atoms with van der Waals surface area (Å²) < 4.78 is 35.7. The number of ether oxygens (including phenoxy) is 1. The zero-order valence-corrected chi connectivity index (χ0v) is 19.1. The van der Waals surface area contributed by atoms with Gasteiger partial charge in [0.1, 0.15) is 6.61 Å². The molecule has 1 fully saturated rings. The van der Waals surface area contributed by atoms with E-state index in [1.165, 1.54) is 0 Å². The van der Waals surface area contributed by atoms with E-state index in [1.807, 2.05) is 36.7 Å². The molecule has 3 rings (SSSR count). The number of hydrogen-bond donors (Lipinski definition) is 1. The molecule has 0 radical (unpaired) electrons. The fourth-order valence-electron chi connectivity index (χ4n) is 3.93. The van der Waals surface area contributed by atoms with Crippen molar-refractivity contribution in [2.75, 3.05) is 19.8 Å². The molecular formula is C22H32N4O4S. The minimum atomic E-state index is -3.62. The summed E-state index contributed by atoms with van der Waals surface area (Å²) in [5.41, 5.74) is 1.02. The largest absolute Gasteiger partial charge is 0.370 e. The van der Waals surface area contributed by atoms with Crippen molar-refractivity contribution in [2.45, 2.75) is 63.1 Å². The van der Waals surface area contributed by atoms with Crippen LogP contribution in [0.2, 0.25) is 0 Å². The summed E-state index contributed by atoms with van der Waals surface area (Å²) in [6, 6.07) is 6.55. The van der Waals surface area contributed by atoms with E-state index in [4.69, 9.17) is 4.74 Å². The standard InChI is InChI=1S/C22H32N4O4S/c1-18-7-9-21(10-8-18)31(28,29)26-19(2)5-3-6-20(26)15-30-16-22(27)24-11-4-13-25-14-12-23-17-25/h7-10,12,14,17,19-20H,3-6,11,13,15-16H2,1-2H3,(H,24,27). The van der Waals surface area contributed by atoms with Crippen molar-refractivity contribution in [3.8, 4) is 0 Å². The van der Waals surface area contributed by atoms with Gasteiger partial charge in [0.15, 0.2) is 0 Å². The zero-order chi connectivity index (χ0) is 22.3. The van der Waals surface area contributed by atoms with Crippen LogP contribution in [0.15, 0.2) is 47.9 Å². The number of carbonyl (C=O) groups excluding carboxylic acids is 1. The van der Waals surface area contributed by atoms with E-state index in [-0.39, 0.29) is 31.2 Å². The van der Waals surface area contributed by atoms with E-state index in [1.54, 1.807) is 29.0 Å². The number of aromatic nitrogens is 2. The maximum absolute atomic E-state index is 13.3. The number of amides is 1. The van der Waals surface area contributed by atoms with E-state index >= 15 is 0 Å². The summed E-state index contributed by atoms with van der Waals surface area (Å²) in [5.74, 6) is -0.192. The Hall–Kier alpha value is -2.23. The van der Waals surface area contributed by atoms with E-state index in [9.17, 15) is 13.2 Å². The monoisotopic (exact) mass is 448 g/mol. The molecule has 170 valence electrons. The number of nitrogens with one attached hydrogen (secondary N) is 1. The summed E-state index contributed by atoms with van der Waals surface area (Å²) in [6.07, 6.45) is 8.63. The highest BCUT2D eigenvalue weighted by molar-refractivity contribution is 7.89. The maximum Gasteiger partial charge on any atom is 0.245 e. The molecule has 0 saturated carbocycles. The average molecular weight is 449 g/mol. The fourth-order valence-corrected chi connectivity index (χ4v) is 5.79. The number of aryl methyl sites for hydroxylation is 2. The third-order valence-corrected chi connectivity index (χ3v) is 7.65. The van der Waals surface area contributed by atoms with Gasteiger partial charge in [0, 0.05) is 37.6 Å². The van der Waals surface area contributed by atoms with Crippen molar-refractivity contribution in [1.82, 2.24) is 19.2 Å². The summed E-state index contributed by atoms with van der Waals surface area (Å²) in [7, 11) is -3.62. The second-order valence-electron chi connectivity index (χ2n) is 8.10. The van der Waals surface area contributed by atoms with Gasteiger partial charge < -0.3 is 14.6 Å². The number of sulfonamides is 1. The lowest BCUT2D eigenvalue weighted by Crippen LogP contribution is -2.50. The highest BCUT2D eigenvalue weighted by atomic mass is 32.2. The summed E-state index contributed by atoms with van der Waals surface area (Å²) >= 11 is 0. The molecule has 1 N–H and O–H groups in total. The molecule has 1 aliphatic heterocycles. The number of piperidine rings is 1. The summed E-state index contributed by atoms with van der Waals surface area (Å²) in [5, 5.41) is 2.83. The van der Waals surface area contributed by atoms with Crippen molar-refractivity contribution in [1.29, 1.82) is 0 Å². The van der Waals surface area contributed by atoms with Crippen molar-refractivity contribution >= 4 is 15.9 Å². The van der Waals surface area contributed by atoms with Crippen LogP contribution in [0.3, 0.4) is 0 Å². The molecule has 9 heteroatoms. The molecule has 2 heterocycles. The van der Waals surface area contributed by atoms with Gasteiger partial charge in [-0.15, -0.1) is 0 Å². The Morgan fingerprint density at radius 1 is 1.26 bits per heavy atom. The van der Waals surface area contributed by atoms with Crippen LogP contribution in [-0.4, -0.2) is 60.0 Å². The normalized spacial score (nSPS) is 19.9. The van der Waals surface area contributed by atoms with Gasteiger partial charge in [-0.05, 0) is 45.2 Å². The minimum Gasteiger partial charge on any atom is -0.370 e. The second kappa shape index (κ2) is 10.9. The zero-order valence-electron chi connectivity index (χ0n) is 18.2. The first-order valence-corrected chi connectivity index (χ1v) is 12.2. The van der Waals surface area contributed by atoms with E-state index in [0.717, 1.165) is 37.8 Å². The van der Waals surface area contributed by atoms with Crippen LogP contribution in [0.25, 0.3) is 0 Å². The third-order valence-electron chi connectivity index (χ3n) is 5.57. The number of carbonyl (C=O) groups is 1. The maximum atomic E-state index is 13.3. The number of hydrogen-bond acceptors (Lipinski definition) is 5. The van der Waals surface area contributed by atoms with Gasteiger partial charge in [-0.2, -0.15) is 4.31 Å². The fraction of sp³-hybridized carbons (Fsp3) is 0.545. The predicted molar refractivity (Wildman–Crippen MR) is 118 cm³/mol. The van der Waals surface area contributed by atoms with Crippen molar-refractivity contribution in [3.05, 3.63) is 48.5 Å². The number of benzene rings is 1. The van der Waals surface area contributed by atoms with Crippen molar-refractivity contribution < 1.29 is 17.9 Å². The molecule has 1 saturated heterocycles. The van der Waals surface area contributed by atoms with Gasteiger partial charge in [-0.3, -0.25) is 4.79 Å². The highest BCUT2D eigenvalue weighted by Gasteiger charge is 2.38. The molecule has 0 aliphatic carbocycles. The molecule has 2 aromatic rings. The molecule has 2 atom stereocenters. The lowest BCUT2D eigenvalue weighted by Gasteiger charge is -2.39. The lowest BCUT2D eigenvalue weighted by molar-refractivity contribution is -0.126. The van der Waals surface area contributed by atoms with Crippen LogP contribution < -0.4 is 5.32 Å². The summed E-state index contributed by atoms with van der Waals surface area (Å²) in [4.78, 5) is 16.3. The van der Waals surface area contributed by atoms with Gasteiger partial charge in [-0.25, -0.2) is 13.4 Å². The van der Waals surface area contributed by atoms with Gasteiger partial charge in [0.25, 0.3) is 0 Å². The number of nitrogens with zero attached hydrogens (tertiary/aromatic N) is 3. The van der Waals surface area contributed by atoms with Crippen LogP contribution >= 0.6 is 0 Å². The van der Waals surface area contributed by atoms with Gasteiger partial charge in [0.05, 0.1) is 17.8 Å². The molecule has 8 nitrogen and oxygen atoms in total. The molecular weight excluding hydrogens is 416 g/mol. The van der Waals surface area contributed by atoms with E-state index in [2.05, 4.69) is 10.3 Å². The molecule has 2 unspecified atom stereocenters. The predicted octanol–water partition coefficient (Wildman–Crippen LogP) is 2.35. The molecule has 1 aromatic heterocycles. The topological polar surface area (TPSA) is 93.5 Å². The van der Waals surface area contributed by atoms with Gasteiger partial charge >= 0.3 is 0 Å². The first kappa shape index (κ1) is 23.4. The number of imidazole rings is 1. The highest BCUT2D eigenvalue weighted by Crippen LogP contribution is 2.30. The van der Waals surface area contributed by atoms with Crippen LogP contribution in [0, 0.1) is 6.92 Å². The van der Waals surface area contributed by atoms with Crippen molar-refractivity contribution in [3.63, 3.8) is 0 Å². The molecule has 1 amide bonds. The quantitative estimate of drug-likeness (QED) is 0.563. The molecule has 1 aliphatic rings. The van der Waals surface area contributed by atoms with Crippen LogP contribution in [0.1, 0.15) is 38.2 Å². The first-order chi connectivity index (χ1) is 14.9. The molecule has 31 heavy (non-hydrogen) atoms. The van der Waals surface area contributed by atoms with E-state index < -0.39 is 10.0 Å². The smallest absolute Gasteiger partial charge is 0.245 e. The molecule has 0 spiro atoms. The Balaban J connectivity index is 1.49. The SMILES string of the molecule is Cc1ccc(S(=O)(=O)N2C(C)CCCC2COCC(=O)NCCCn2ccnc2)cc1. The minimum absolute atomic E-state index is 0.0750. The second-order valence-corrected chi connectivity index (χ2v) is 9.94. The van der Waals surface area contributed by atoms with Gasteiger partial charge in [0.2, 0.25) is 15.9 Å². The Morgan fingerprint density at radius 3 is 2.74 bits per heavy atom. The van der Waals surface area contributed by atoms with Crippen LogP contribution in [0.5, 0.6) is 0 Å². The van der Waals surface area contributed by atoms with Crippen molar-refractivity contribution in [2.24, 2.45) is 0 Å². The van der Waals surface area contributed by atoms with E-state index in [0.29, 0.717) is 11.4 Å². The lowest BCUT2D eigenvalue weighted by atomic mass is 10.0. The Labute approximate surface area is 184 Å². The average Bonchev–Trinajstić information content (AvgIpc) is 3.25. The van der Waals surface area contributed by atoms with Crippen LogP contribution in [-0.2, 0) is 26.1 Å². The Bertz CT molecular complexity index is 929. The molecule has 1 aromatic carbocycles. The van der Waals surface area contributed by atoms with Crippen LogP contribution in [0.4, 0.5) is 0 Å². The third kappa shape index (κ3) is 6.38. The number of rotatable bonds is 10. The summed E-state index contributed by atoms with van der Waals surface area (Å²) in [6.45, 7) is 5.33. The first-order valence-electron chi connectivity index (χ1n) is 10.8. The Kier molecular flexibility index (Phi) is 8.22. The Morgan fingerprint density at radius 2 is 2.03 bits per heavy atom. The van der Waals surface area contributed by atoms with Gasteiger partial charge in [-0.1, -0.05) is 24.1 Å². The molecule has 0 bridgehead atoms.